The van der Waals surface area contributed by atoms with Crippen LogP contribution < -0.4 is 5.32 Å². The lowest BCUT2D eigenvalue weighted by Crippen LogP contribution is -2.45. The van der Waals surface area contributed by atoms with Crippen molar-refractivity contribution in [2.45, 2.75) is 44.8 Å². The lowest BCUT2D eigenvalue weighted by atomic mass is 10.2. The summed E-state index contributed by atoms with van der Waals surface area (Å²) in [5, 5.41) is 3.34. The van der Waals surface area contributed by atoms with Crippen LogP contribution in [0.25, 0.3) is 0 Å². The summed E-state index contributed by atoms with van der Waals surface area (Å²) in [5.41, 5.74) is 0.335. The van der Waals surface area contributed by atoms with Crippen LogP contribution in [0.4, 0.5) is 10.5 Å². The van der Waals surface area contributed by atoms with Gasteiger partial charge in [0, 0.05) is 13.6 Å². The van der Waals surface area contributed by atoms with Gasteiger partial charge in [-0.05, 0) is 61.7 Å². The first-order valence-corrected chi connectivity index (χ1v) is 7.83. The SMILES string of the molecule is CN(C(=O)OC(C)(C)C)C1(CNc2ccc(Br)nc2)CC1. The molecule has 1 aromatic rings. The molecule has 0 aliphatic heterocycles. The second-order valence-electron chi connectivity index (χ2n) is 6.49. The molecule has 0 aromatic carbocycles. The largest absolute Gasteiger partial charge is 0.444 e. The molecule has 21 heavy (non-hydrogen) atoms. The van der Waals surface area contributed by atoms with E-state index in [-0.39, 0.29) is 11.6 Å². The van der Waals surface area contributed by atoms with E-state index in [2.05, 4.69) is 26.2 Å². The smallest absolute Gasteiger partial charge is 0.410 e. The van der Waals surface area contributed by atoms with Crippen molar-refractivity contribution in [3.63, 3.8) is 0 Å². The monoisotopic (exact) mass is 355 g/mol. The fourth-order valence-electron chi connectivity index (χ4n) is 2.05. The third kappa shape index (κ3) is 4.33. The van der Waals surface area contributed by atoms with E-state index >= 15 is 0 Å². The molecule has 116 valence electrons. The van der Waals surface area contributed by atoms with Crippen molar-refractivity contribution >= 4 is 27.7 Å². The molecule has 0 unspecified atom stereocenters. The summed E-state index contributed by atoms with van der Waals surface area (Å²) in [7, 11) is 1.81. The zero-order chi connectivity index (χ0) is 15.7. The topological polar surface area (TPSA) is 54.5 Å². The minimum atomic E-state index is -0.468. The van der Waals surface area contributed by atoms with Gasteiger partial charge in [-0.1, -0.05) is 0 Å². The number of carbonyl (C=O) groups excluding carboxylic acids is 1. The third-order valence-corrected chi connectivity index (χ3v) is 4.02. The van der Waals surface area contributed by atoms with Crippen LogP contribution in [0.1, 0.15) is 33.6 Å². The summed E-state index contributed by atoms with van der Waals surface area (Å²) in [6.45, 7) is 6.34. The number of amides is 1. The molecule has 0 spiro atoms. The summed E-state index contributed by atoms with van der Waals surface area (Å²) >= 11 is 3.31. The lowest BCUT2D eigenvalue weighted by Gasteiger charge is -2.31. The van der Waals surface area contributed by atoms with E-state index < -0.39 is 5.60 Å². The number of nitrogens with zero attached hydrogens (tertiary/aromatic N) is 2. The van der Waals surface area contributed by atoms with E-state index in [0.29, 0.717) is 6.54 Å². The molecular weight excluding hydrogens is 334 g/mol. The van der Waals surface area contributed by atoms with Gasteiger partial charge in [0.05, 0.1) is 17.4 Å². The van der Waals surface area contributed by atoms with Gasteiger partial charge in [-0.15, -0.1) is 0 Å². The molecule has 1 saturated carbocycles. The van der Waals surface area contributed by atoms with Gasteiger partial charge in [-0.25, -0.2) is 9.78 Å². The highest BCUT2D eigenvalue weighted by atomic mass is 79.9. The Kier molecular flexibility index (Phi) is 4.46. The number of carbonyl (C=O) groups is 1. The number of ether oxygens (including phenoxy) is 1. The summed E-state index contributed by atoms with van der Waals surface area (Å²) in [5.74, 6) is 0. The minimum Gasteiger partial charge on any atom is -0.444 e. The van der Waals surface area contributed by atoms with Gasteiger partial charge in [0.25, 0.3) is 0 Å². The molecule has 0 atom stereocenters. The molecule has 2 rings (SSSR count). The van der Waals surface area contributed by atoms with Crippen molar-refractivity contribution in [1.29, 1.82) is 0 Å². The Morgan fingerprint density at radius 2 is 2.14 bits per heavy atom. The van der Waals surface area contributed by atoms with E-state index in [1.165, 1.54) is 0 Å². The molecule has 5 nitrogen and oxygen atoms in total. The van der Waals surface area contributed by atoms with E-state index in [4.69, 9.17) is 4.74 Å². The second kappa shape index (κ2) is 5.83. The van der Waals surface area contributed by atoms with Crippen LogP contribution in [0.3, 0.4) is 0 Å². The van der Waals surface area contributed by atoms with Gasteiger partial charge in [-0.2, -0.15) is 0 Å². The quantitative estimate of drug-likeness (QED) is 0.837. The highest BCUT2D eigenvalue weighted by molar-refractivity contribution is 9.10. The predicted molar refractivity (Wildman–Crippen MR) is 86.4 cm³/mol. The van der Waals surface area contributed by atoms with Gasteiger partial charge >= 0.3 is 6.09 Å². The molecular formula is C15H22BrN3O2. The predicted octanol–water partition coefficient (Wildman–Crippen LogP) is 3.66. The average molecular weight is 356 g/mol. The molecule has 0 bridgehead atoms. The Hall–Kier alpha value is -1.30. The highest BCUT2D eigenvalue weighted by Gasteiger charge is 2.49. The molecule has 6 heteroatoms. The van der Waals surface area contributed by atoms with Crippen molar-refractivity contribution in [2.75, 3.05) is 18.9 Å². The zero-order valence-electron chi connectivity index (χ0n) is 12.9. The van der Waals surface area contributed by atoms with Gasteiger partial charge in [0.1, 0.15) is 10.2 Å². The number of likely N-dealkylation sites (N-methyl/N-ethyl adjacent to an activating group) is 1. The molecule has 1 fully saturated rings. The van der Waals surface area contributed by atoms with Crippen molar-refractivity contribution in [3.8, 4) is 0 Å². The van der Waals surface area contributed by atoms with Crippen molar-refractivity contribution < 1.29 is 9.53 Å². The molecule has 1 heterocycles. The maximum absolute atomic E-state index is 12.2. The van der Waals surface area contributed by atoms with E-state index in [0.717, 1.165) is 23.1 Å². The van der Waals surface area contributed by atoms with Gasteiger partial charge in [0.2, 0.25) is 0 Å². The second-order valence-corrected chi connectivity index (χ2v) is 7.30. The third-order valence-electron chi connectivity index (χ3n) is 3.55. The van der Waals surface area contributed by atoms with Gasteiger partial charge in [-0.3, -0.25) is 0 Å². The van der Waals surface area contributed by atoms with Crippen LogP contribution >= 0.6 is 15.9 Å². The number of anilines is 1. The standard InChI is InChI=1S/C15H22BrN3O2/c1-14(2,3)21-13(20)19(4)15(7-8-15)10-18-11-5-6-12(16)17-9-11/h5-6,9,18H,7-8,10H2,1-4H3. The normalized spacial score (nSPS) is 16.2. The maximum Gasteiger partial charge on any atom is 0.410 e. The zero-order valence-corrected chi connectivity index (χ0v) is 14.5. The molecule has 1 aromatic heterocycles. The highest BCUT2D eigenvalue weighted by Crippen LogP contribution is 2.41. The first kappa shape index (κ1) is 16.1. The van der Waals surface area contributed by atoms with Gasteiger partial charge < -0.3 is 15.0 Å². The van der Waals surface area contributed by atoms with E-state index in [1.54, 1.807) is 11.1 Å². The van der Waals surface area contributed by atoms with Crippen molar-refractivity contribution in [2.24, 2.45) is 0 Å². The van der Waals surface area contributed by atoms with Crippen LogP contribution in [0.15, 0.2) is 22.9 Å². The van der Waals surface area contributed by atoms with Crippen molar-refractivity contribution in [1.82, 2.24) is 9.88 Å². The first-order chi connectivity index (χ1) is 9.72. The van der Waals surface area contributed by atoms with Gasteiger partial charge in [0.15, 0.2) is 0 Å². The van der Waals surface area contributed by atoms with Crippen LogP contribution in [0.2, 0.25) is 0 Å². The maximum atomic E-state index is 12.2. The Labute approximate surface area is 134 Å². The fourth-order valence-corrected chi connectivity index (χ4v) is 2.28. The fraction of sp³-hybridized carbons (Fsp3) is 0.600. The lowest BCUT2D eigenvalue weighted by molar-refractivity contribution is 0.0206. The number of aromatic nitrogens is 1. The number of pyridine rings is 1. The summed E-state index contributed by atoms with van der Waals surface area (Å²) in [6.07, 6.45) is 3.48. The molecule has 1 aliphatic carbocycles. The van der Waals surface area contributed by atoms with Crippen LogP contribution in [-0.4, -0.2) is 40.7 Å². The molecule has 1 aliphatic rings. The van der Waals surface area contributed by atoms with Crippen LogP contribution in [0, 0.1) is 0 Å². The minimum absolute atomic E-state index is 0.143. The number of hydrogen-bond donors (Lipinski definition) is 1. The first-order valence-electron chi connectivity index (χ1n) is 7.04. The average Bonchev–Trinajstić information content (AvgIpc) is 3.16. The Morgan fingerprint density at radius 3 is 2.62 bits per heavy atom. The molecule has 1 amide bonds. The number of rotatable bonds is 4. The Bertz CT molecular complexity index is 507. The summed E-state index contributed by atoms with van der Waals surface area (Å²) in [4.78, 5) is 18.1. The summed E-state index contributed by atoms with van der Waals surface area (Å²) < 4.78 is 6.24. The number of nitrogens with one attached hydrogen (secondary N) is 1. The van der Waals surface area contributed by atoms with Crippen molar-refractivity contribution in [3.05, 3.63) is 22.9 Å². The Morgan fingerprint density at radius 1 is 1.48 bits per heavy atom. The number of hydrogen-bond acceptors (Lipinski definition) is 4. The van der Waals surface area contributed by atoms with E-state index in [1.807, 2.05) is 40.0 Å². The molecule has 0 radical (unpaired) electrons. The Balaban J connectivity index is 1.93. The van der Waals surface area contributed by atoms with Crippen LogP contribution in [-0.2, 0) is 4.74 Å². The molecule has 0 saturated heterocycles. The summed E-state index contributed by atoms with van der Waals surface area (Å²) in [6, 6.07) is 3.85. The van der Waals surface area contributed by atoms with E-state index in [9.17, 15) is 4.79 Å². The number of halogens is 1. The van der Waals surface area contributed by atoms with Crippen LogP contribution in [0.5, 0.6) is 0 Å². The molecule has 1 N–H and O–H groups in total.